The van der Waals surface area contributed by atoms with Crippen molar-refractivity contribution in [3.63, 3.8) is 0 Å². The summed E-state index contributed by atoms with van der Waals surface area (Å²) >= 11 is 0. The summed E-state index contributed by atoms with van der Waals surface area (Å²) in [6, 6.07) is 15.8. The Morgan fingerprint density at radius 1 is 0.878 bits per heavy atom. The van der Waals surface area contributed by atoms with E-state index in [1.54, 1.807) is 43.3 Å². The first kappa shape index (κ1) is 31.3. The van der Waals surface area contributed by atoms with Crippen molar-refractivity contribution < 1.29 is 32.2 Å². The first-order valence-corrected chi connectivity index (χ1v) is 14.4. The van der Waals surface area contributed by atoms with Crippen LogP contribution in [0.15, 0.2) is 65.6 Å². The molecule has 1 N–H and O–H groups in total. The van der Waals surface area contributed by atoms with E-state index in [1.165, 1.54) is 51.5 Å². The number of aryl methyl sites for hydroxylation is 2. The second-order valence-electron chi connectivity index (χ2n) is 9.54. The van der Waals surface area contributed by atoms with E-state index in [-0.39, 0.29) is 23.1 Å². The van der Waals surface area contributed by atoms with Gasteiger partial charge >= 0.3 is 0 Å². The smallest absolute Gasteiger partial charge is 0.264 e. The number of benzene rings is 3. The Morgan fingerprint density at radius 2 is 1.54 bits per heavy atom. The van der Waals surface area contributed by atoms with Gasteiger partial charge in [0.05, 0.1) is 31.9 Å². The van der Waals surface area contributed by atoms with Crippen LogP contribution in [0.4, 0.5) is 5.69 Å². The third kappa shape index (κ3) is 7.29. The average Bonchev–Trinajstić information content (AvgIpc) is 2.96. The molecule has 0 radical (unpaired) electrons. The lowest BCUT2D eigenvalue weighted by Crippen LogP contribution is -2.50. The predicted molar refractivity (Wildman–Crippen MR) is 157 cm³/mol. The van der Waals surface area contributed by atoms with Crippen molar-refractivity contribution >= 4 is 27.5 Å². The summed E-state index contributed by atoms with van der Waals surface area (Å²) in [5.74, 6) is 0.238. The number of carbonyl (C=O) groups is 2. The van der Waals surface area contributed by atoms with E-state index in [2.05, 4.69) is 5.32 Å². The summed E-state index contributed by atoms with van der Waals surface area (Å²) in [4.78, 5) is 27.9. The van der Waals surface area contributed by atoms with Gasteiger partial charge in [0.15, 0.2) is 11.5 Å². The molecule has 0 spiro atoms. The molecule has 1 atom stereocenters. The van der Waals surface area contributed by atoms with Gasteiger partial charge in [0.2, 0.25) is 11.8 Å². The lowest BCUT2D eigenvalue weighted by Gasteiger charge is -2.32. The van der Waals surface area contributed by atoms with Crippen LogP contribution in [-0.2, 0) is 26.2 Å². The van der Waals surface area contributed by atoms with E-state index in [1.807, 2.05) is 19.9 Å². The van der Waals surface area contributed by atoms with E-state index < -0.39 is 28.5 Å². The molecule has 0 aliphatic carbocycles. The van der Waals surface area contributed by atoms with Crippen LogP contribution in [0, 0.1) is 13.8 Å². The fourth-order valence-electron chi connectivity index (χ4n) is 4.49. The minimum absolute atomic E-state index is 0.0573. The fraction of sp³-hybridized carbons (Fsp3) is 0.333. The highest BCUT2D eigenvalue weighted by Gasteiger charge is 2.33. The number of sulfonamides is 1. The Hall–Kier alpha value is -4.25. The van der Waals surface area contributed by atoms with Crippen molar-refractivity contribution in [2.24, 2.45) is 0 Å². The van der Waals surface area contributed by atoms with E-state index in [0.29, 0.717) is 22.7 Å². The zero-order chi connectivity index (χ0) is 30.3. The minimum atomic E-state index is -4.28. The van der Waals surface area contributed by atoms with Crippen LogP contribution >= 0.6 is 0 Å². The molecule has 0 aliphatic heterocycles. The number of hydrogen-bond donors (Lipinski definition) is 1. The fourth-order valence-corrected chi connectivity index (χ4v) is 5.90. The Kier molecular flexibility index (Phi) is 10.2. The first-order valence-electron chi connectivity index (χ1n) is 12.9. The molecule has 41 heavy (non-hydrogen) atoms. The second-order valence-corrected chi connectivity index (χ2v) is 11.4. The zero-order valence-electron chi connectivity index (χ0n) is 24.4. The minimum Gasteiger partial charge on any atom is -0.497 e. The maximum atomic E-state index is 14.1. The Labute approximate surface area is 241 Å². The van der Waals surface area contributed by atoms with Crippen molar-refractivity contribution in [2.75, 3.05) is 39.2 Å². The molecule has 0 aliphatic rings. The zero-order valence-corrected chi connectivity index (χ0v) is 25.2. The van der Waals surface area contributed by atoms with Crippen LogP contribution in [0.2, 0.25) is 0 Å². The topological polar surface area (TPSA) is 114 Å². The van der Waals surface area contributed by atoms with Gasteiger partial charge in [-0.05, 0) is 73.9 Å². The largest absolute Gasteiger partial charge is 0.497 e. The molecule has 0 unspecified atom stereocenters. The molecule has 2 amide bonds. The van der Waals surface area contributed by atoms with E-state index >= 15 is 0 Å². The van der Waals surface area contributed by atoms with Crippen LogP contribution < -0.4 is 23.8 Å². The Morgan fingerprint density at radius 3 is 2.12 bits per heavy atom. The van der Waals surface area contributed by atoms with Gasteiger partial charge in [0.25, 0.3) is 10.0 Å². The number of amides is 2. The third-order valence-electron chi connectivity index (χ3n) is 6.62. The van der Waals surface area contributed by atoms with E-state index in [4.69, 9.17) is 14.2 Å². The molecule has 0 aromatic heterocycles. The number of anilines is 1. The van der Waals surface area contributed by atoms with Crippen molar-refractivity contribution in [3.05, 3.63) is 77.4 Å². The number of carbonyl (C=O) groups excluding carboxylic acids is 2. The quantitative estimate of drug-likeness (QED) is 0.346. The highest BCUT2D eigenvalue weighted by molar-refractivity contribution is 7.92. The normalized spacial score (nSPS) is 11.8. The van der Waals surface area contributed by atoms with Gasteiger partial charge in [-0.2, -0.15) is 0 Å². The molecule has 0 bridgehead atoms. The molecule has 3 rings (SSSR count). The van der Waals surface area contributed by atoms with Crippen molar-refractivity contribution in [1.29, 1.82) is 0 Å². The molecule has 0 heterocycles. The highest BCUT2D eigenvalue weighted by Crippen LogP contribution is 2.33. The monoisotopic (exact) mass is 583 g/mol. The average molecular weight is 584 g/mol. The summed E-state index contributed by atoms with van der Waals surface area (Å²) in [7, 11) is 1.61. The molecular weight excluding hydrogens is 546 g/mol. The first-order chi connectivity index (χ1) is 19.4. The Bertz CT molecular complexity index is 1490. The van der Waals surface area contributed by atoms with E-state index in [0.717, 1.165) is 15.4 Å². The summed E-state index contributed by atoms with van der Waals surface area (Å²) < 4.78 is 45.3. The number of nitrogens with one attached hydrogen (secondary N) is 1. The van der Waals surface area contributed by atoms with Gasteiger partial charge in [0.1, 0.15) is 18.3 Å². The number of ether oxygens (including phenoxy) is 3. The molecule has 10 nitrogen and oxygen atoms in total. The van der Waals surface area contributed by atoms with E-state index in [9.17, 15) is 18.0 Å². The molecule has 0 saturated heterocycles. The van der Waals surface area contributed by atoms with Crippen LogP contribution in [0.5, 0.6) is 17.2 Å². The molecular formula is C30H37N3O7S. The second kappa shape index (κ2) is 13.4. The maximum absolute atomic E-state index is 14.1. The molecule has 3 aromatic carbocycles. The lowest BCUT2D eigenvalue weighted by molar-refractivity contribution is -0.139. The SMILES string of the molecule is CNC(=O)[C@H](C)N(Cc1cccc(OC)c1)C(=O)CN(c1cc(C)cc(C)c1)S(=O)(=O)c1ccc(OC)c(OC)c1. The van der Waals surface area contributed by atoms with Gasteiger partial charge in [-0.15, -0.1) is 0 Å². The highest BCUT2D eigenvalue weighted by atomic mass is 32.2. The van der Waals surface area contributed by atoms with Gasteiger partial charge in [-0.1, -0.05) is 18.2 Å². The number of rotatable bonds is 12. The maximum Gasteiger partial charge on any atom is 0.264 e. The molecule has 220 valence electrons. The lowest BCUT2D eigenvalue weighted by atomic mass is 10.1. The summed E-state index contributed by atoms with van der Waals surface area (Å²) in [6.07, 6.45) is 0. The van der Waals surface area contributed by atoms with Gasteiger partial charge in [-0.3, -0.25) is 13.9 Å². The number of nitrogens with zero attached hydrogens (tertiary/aromatic N) is 2. The summed E-state index contributed by atoms with van der Waals surface area (Å²) in [5.41, 5.74) is 2.69. The standard InChI is InChI=1S/C30H37N3O7S/c1-20-13-21(2)15-24(14-20)33(41(36,37)26-11-12-27(39-6)28(17-26)40-7)19-29(34)32(22(3)30(35)31-4)18-23-9-8-10-25(16-23)38-5/h8-17,22H,18-19H2,1-7H3,(H,31,35)/t22-/m0/s1. The molecule has 11 heteroatoms. The van der Waals surface area contributed by atoms with Crippen LogP contribution in [0.3, 0.4) is 0 Å². The van der Waals surface area contributed by atoms with Gasteiger partial charge in [0, 0.05) is 19.7 Å². The molecule has 0 fully saturated rings. The van der Waals surface area contributed by atoms with Crippen LogP contribution in [0.1, 0.15) is 23.6 Å². The number of methoxy groups -OCH3 is 3. The van der Waals surface area contributed by atoms with Gasteiger partial charge in [-0.25, -0.2) is 8.42 Å². The summed E-state index contributed by atoms with van der Waals surface area (Å²) in [6.45, 7) is 4.80. The molecule has 3 aromatic rings. The van der Waals surface area contributed by atoms with Crippen molar-refractivity contribution in [2.45, 2.75) is 38.3 Å². The third-order valence-corrected chi connectivity index (χ3v) is 8.39. The molecule has 0 saturated carbocycles. The number of likely N-dealkylation sites (N-methyl/N-ethyl adjacent to an activating group) is 1. The Balaban J connectivity index is 2.11. The summed E-state index contributed by atoms with van der Waals surface area (Å²) in [5, 5.41) is 2.57. The number of hydrogen-bond acceptors (Lipinski definition) is 7. The van der Waals surface area contributed by atoms with Crippen molar-refractivity contribution in [1.82, 2.24) is 10.2 Å². The van der Waals surface area contributed by atoms with Crippen molar-refractivity contribution in [3.8, 4) is 17.2 Å². The predicted octanol–water partition coefficient (Wildman–Crippen LogP) is 3.69. The van der Waals surface area contributed by atoms with Crippen LogP contribution in [-0.4, -0.2) is 66.1 Å². The van der Waals surface area contributed by atoms with Crippen LogP contribution in [0.25, 0.3) is 0 Å². The van der Waals surface area contributed by atoms with Gasteiger partial charge < -0.3 is 24.4 Å².